The maximum absolute atomic E-state index is 10.4. The van der Waals surface area contributed by atoms with Crippen LogP contribution in [0.5, 0.6) is 5.75 Å². The van der Waals surface area contributed by atoms with Gasteiger partial charge in [0.05, 0.1) is 19.3 Å². The van der Waals surface area contributed by atoms with Gasteiger partial charge >= 0.3 is 0 Å². The molecule has 0 saturated heterocycles. The van der Waals surface area contributed by atoms with Crippen LogP contribution in [0.3, 0.4) is 0 Å². The number of benzene rings is 1. The van der Waals surface area contributed by atoms with Gasteiger partial charge in [0.1, 0.15) is 5.75 Å². The van der Waals surface area contributed by atoms with Crippen LogP contribution in [-0.2, 0) is 0 Å². The molecule has 0 aromatic heterocycles. The highest BCUT2D eigenvalue weighted by atomic mass is 16.5. The van der Waals surface area contributed by atoms with Crippen molar-refractivity contribution in [2.75, 3.05) is 7.11 Å². The molecule has 1 aliphatic carbocycles. The molecule has 4 heteroatoms. The maximum Gasteiger partial charge on any atom is 0.118 e. The van der Waals surface area contributed by atoms with Crippen molar-refractivity contribution < 1.29 is 14.9 Å². The standard InChI is InChI=1S/C17H27NO3/c1-11(19)17(18)16(14-5-3-4-6-15(14)20)12-7-9-13(21-2)10-8-12/h7-11,14-17,19-20H,3-6,18H2,1-2H3/t11-,14+,15-,16-,17+/m1/s1. The molecule has 118 valence electrons. The Balaban J connectivity index is 2.30. The van der Waals surface area contributed by atoms with Crippen molar-refractivity contribution in [1.29, 1.82) is 0 Å². The zero-order valence-electron chi connectivity index (χ0n) is 12.9. The summed E-state index contributed by atoms with van der Waals surface area (Å²) in [5, 5.41) is 20.3. The topological polar surface area (TPSA) is 75.7 Å². The zero-order valence-corrected chi connectivity index (χ0v) is 12.9. The van der Waals surface area contributed by atoms with Gasteiger partial charge in [0.15, 0.2) is 0 Å². The Morgan fingerprint density at radius 3 is 2.33 bits per heavy atom. The average molecular weight is 293 g/mol. The SMILES string of the molecule is COc1ccc([C@@H]([C@@H](N)[C@@H](C)O)[C@H]2CCCC[C@H]2O)cc1. The average Bonchev–Trinajstić information content (AvgIpc) is 2.50. The molecular formula is C17H27NO3. The van der Waals surface area contributed by atoms with Crippen LogP contribution in [0.15, 0.2) is 24.3 Å². The van der Waals surface area contributed by atoms with Gasteiger partial charge in [-0.2, -0.15) is 0 Å². The predicted molar refractivity (Wildman–Crippen MR) is 83.4 cm³/mol. The highest BCUT2D eigenvalue weighted by Crippen LogP contribution is 2.39. The van der Waals surface area contributed by atoms with Gasteiger partial charge in [-0.05, 0) is 43.4 Å². The summed E-state index contributed by atoms with van der Waals surface area (Å²) in [5.74, 6) is 0.871. The summed E-state index contributed by atoms with van der Waals surface area (Å²) < 4.78 is 5.19. The van der Waals surface area contributed by atoms with Crippen LogP contribution in [0.4, 0.5) is 0 Å². The van der Waals surface area contributed by atoms with E-state index < -0.39 is 6.10 Å². The fraction of sp³-hybridized carbons (Fsp3) is 0.647. The minimum absolute atomic E-state index is 0.0359. The first-order valence-electron chi connectivity index (χ1n) is 7.80. The number of rotatable bonds is 5. The summed E-state index contributed by atoms with van der Waals surface area (Å²) in [4.78, 5) is 0. The summed E-state index contributed by atoms with van der Waals surface area (Å²) >= 11 is 0. The third-order valence-corrected chi connectivity index (χ3v) is 4.72. The highest BCUT2D eigenvalue weighted by Gasteiger charge is 2.36. The first-order valence-corrected chi connectivity index (χ1v) is 7.80. The molecule has 5 atom stereocenters. The lowest BCUT2D eigenvalue weighted by Crippen LogP contribution is -2.45. The van der Waals surface area contributed by atoms with Gasteiger partial charge in [0, 0.05) is 12.0 Å². The van der Waals surface area contributed by atoms with Crippen molar-refractivity contribution in [1.82, 2.24) is 0 Å². The van der Waals surface area contributed by atoms with E-state index in [9.17, 15) is 10.2 Å². The molecule has 1 saturated carbocycles. The Bertz CT molecular complexity index is 432. The molecule has 1 fully saturated rings. The number of aliphatic hydroxyl groups is 2. The van der Waals surface area contributed by atoms with Crippen molar-refractivity contribution in [3.05, 3.63) is 29.8 Å². The van der Waals surface area contributed by atoms with Crippen LogP contribution in [0, 0.1) is 5.92 Å². The number of methoxy groups -OCH3 is 1. The fourth-order valence-corrected chi connectivity index (χ4v) is 3.44. The first kappa shape index (κ1) is 16.3. The van der Waals surface area contributed by atoms with E-state index in [-0.39, 0.29) is 24.0 Å². The van der Waals surface area contributed by atoms with Crippen LogP contribution < -0.4 is 10.5 Å². The smallest absolute Gasteiger partial charge is 0.118 e. The first-order chi connectivity index (χ1) is 10.0. The molecule has 1 aromatic rings. The van der Waals surface area contributed by atoms with Crippen molar-refractivity contribution in [3.63, 3.8) is 0 Å². The lowest BCUT2D eigenvalue weighted by atomic mass is 9.71. The van der Waals surface area contributed by atoms with Crippen molar-refractivity contribution in [2.45, 2.75) is 56.8 Å². The molecule has 0 spiro atoms. The Labute approximate surface area is 126 Å². The highest BCUT2D eigenvalue weighted by molar-refractivity contribution is 5.31. The van der Waals surface area contributed by atoms with Gasteiger partial charge in [0.25, 0.3) is 0 Å². The minimum Gasteiger partial charge on any atom is -0.497 e. The Morgan fingerprint density at radius 1 is 1.19 bits per heavy atom. The molecule has 1 aliphatic rings. The zero-order chi connectivity index (χ0) is 15.4. The molecule has 1 aromatic carbocycles. The number of nitrogens with two attached hydrogens (primary N) is 1. The van der Waals surface area contributed by atoms with Crippen molar-refractivity contribution in [2.24, 2.45) is 11.7 Å². The number of aliphatic hydroxyl groups excluding tert-OH is 2. The summed E-state index contributed by atoms with van der Waals surface area (Å²) in [5.41, 5.74) is 7.33. The minimum atomic E-state index is -0.605. The lowest BCUT2D eigenvalue weighted by Gasteiger charge is -2.38. The molecule has 4 N–H and O–H groups in total. The summed E-state index contributed by atoms with van der Waals surface area (Å²) in [6.07, 6.45) is 3.02. The van der Waals surface area contributed by atoms with Crippen LogP contribution in [0.2, 0.25) is 0 Å². The third-order valence-electron chi connectivity index (χ3n) is 4.72. The fourth-order valence-electron chi connectivity index (χ4n) is 3.44. The second kappa shape index (κ2) is 7.25. The molecule has 0 unspecified atom stereocenters. The Hall–Kier alpha value is -1.10. The van der Waals surface area contributed by atoms with Crippen LogP contribution in [0.25, 0.3) is 0 Å². The molecule has 2 rings (SSSR count). The second-order valence-electron chi connectivity index (χ2n) is 6.13. The Morgan fingerprint density at radius 2 is 1.81 bits per heavy atom. The van der Waals surface area contributed by atoms with Crippen LogP contribution in [-0.4, -0.2) is 35.6 Å². The van der Waals surface area contributed by atoms with Gasteiger partial charge < -0.3 is 20.7 Å². The maximum atomic E-state index is 10.4. The van der Waals surface area contributed by atoms with Crippen LogP contribution in [0.1, 0.15) is 44.1 Å². The van der Waals surface area contributed by atoms with E-state index in [0.717, 1.165) is 37.0 Å². The van der Waals surface area contributed by atoms with Gasteiger partial charge in [-0.1, -0.05) is 25.0 Å². The van der Waals surface area contributed by atoms with Gasteiger partial charge in [-0.15, -0.1) is 0 Å². The third kappa shape index (κ3) is 3.76. The number of hydrogen-bond donors (Lipinski definition) is 3. The molecule has 0 bridgehead atoms. The molecule has 21 heavy (non-hydrogen) atoms. The Kier molecular flexibility index (Phi) is 5.62. The number of hydrogen-bond acceptors (Lipinski definition) is 4. The summed E-state index contributed by atoms with van der Waals surface area (Å²) in [7, 11) is 1.64. The largest absolute Gasteiger partial charge is 0.497 e. The van der Waals surface area contributed by atoms with E-state index >= 15 is 0 Å². The van der Waals surface area contributed by atoms with E-state index in [4.69, 9.17) is 10.5 Å². The quantitative estimate of drug-likeness (QED) is 0.776. The summed E-state index contributed by atoms with van der Waals surface area (Å²) in [6, 6.07) is 7.43. The van der Waals surface area contributed by atoms with E-state index in [0.29, 0.717) is 0 Å². The molecule has 0 amide bonds. The van der Waals surface area contributed by atoms with Crippen LogP contribution >= 0.6 is 0 Å². The molecular weight excluding hydrogens is 266 g/mol. The van der Waals surface area contributed by atoms with Gasteiger partial charge in [-0.25, -0.2) is 0 Å². The normalized spacial score (nSPS) is 26.9. The van der Waals surface area contributed by atoms with E-state index in [1.165, 1.54) is 0 Å². The monoisotopic (exact) mass is 293 g/mol. The molecule has 0 heterocycles. The predicted octanol–water partition coefficient (Wildman–Crippen LogP) is 2.04. The van der Waals surface area contributed by atoms with E-state index in [2.05, 4.69) is 0 Å². The van der Waals surface area contributed by atoms with Gasteiger partial charge in [-0.3, -0.25) is 0 Å². The molecule has 0 aliphatic heterocycles. The van der Waals surface area contributed by atoms with Crippen molar-refractivity contribution in [3.8, 4) is 5.75 Å². The lowest BCUT2D eigenvalue weighted by molar-refractivity contribution is 0.0347. The van der Waals surface area contributed by atoms with Gasteiger partial charge in [0.2, 0.25) is 0 Å². The molecule has 0 radical (unpaired) electrons. The summed E-state index contributed by atoms with van der Waals surface area (Å²) in [6.45, 7) is 1.72. The van der Waals surface area contributed by atoms with E-state index in [1.807, 2.05) is 24.3 Å². The van der Waals surface area contributed by atoms with Crippen molar-refractivity contribution >= 4 is 0 Å². The number of ether oxygens (including phenoxy) is 1. The second-order valence-corrected chi connectivity index (χ2v) is 6.13. The molecule has 4 nitrogen and oxygen atoms in total. The van der Waals surface area contributed by atoms with E-state index in [1.54, 1.807) is 14.0 Å².